The quantitative estimate of drug-likeness (QED) is 0.0971. The Bertz CT molecular complexity index is 1820. The summed E-state index contributed by atoms with van der Waals surface area (Å²) in [6.45, 7) is 13.0. The van der Waals surface area contributed by atoms with Crippen LogP contribution in [-0.2, 0) is 33.2 Å². The first-order valence-electron chi connectivity index (χ1n) is 24.5. The van der Waals surface area contributed by atoms with E-state index in [0.717, 1.165) is 19.3 Å². The van der Waals surface area contributed by atoms with Gasteiger partial charge in [-0.1, -0.05) is 53.2 Å². The zero-order chi connectivity index (χ0) is 49.1. The highest BCUT2D eigenvalue weighted by molar-refractivity contribution is 5.79. The molecule has 0 amide bonds. The first-order chi connectivity index (χ1) is 31.4. The lowest BCUT2D eigenvalue weighted by molar-refractivity contribution is -0.361. The molecule has 0 unspecified atom stereocenters. The molecule has 0 aromatic carbocycles. The third-order valence-electron chi connectivity index (χ3n) is 19.7. The summed E-state index contributed by atoms with van der Waals surface area (Å²) >= 11 is 0. The second-order valence-electron chi connectivity index (χ2n) is 22.9. The standard InChI is InChI=1S/C48H78O19/c1-20-10-13-48(15-14-46(6)23(29(48)21(20)2)8-9-28-44(4)16-24(51)39(60)45(5,19-50)27(44)11-12-47(28,46)7)43(61)67-42-36(58)33(55)31(53)26(65-42)18-62-40-37(59)34(56)38(25(17-49)64-40)66-41-35(57)32(54)30(52)22(3)63-41/h8,20-22,24-42,49-60H,9-19H2,1-7H3/t20-,21+,22-,24-,25-,26-,27-,28-,29-,30+,31-,32+,33+,34-,35-,36-,37-,38-,39+,40-,41+,42+,44+,45+,46-,47-,48+/m1/s1. The summed E-state index contributed by atoms with van der Waals surface area (Å²) in [5, 5.41) is 130. The fraction of sp³-hybridized carbons (Fsp3) is 0.938. The maximum Gasteiger partial charge on any atom is 0.315 e. The lowest BCUT2D eigenvalue weighted by Gasteiger charge is -2.71. The van der Waals surface area contributed by atoms with E-state index in [1.54, 1.807) is 0 Å². The van der Waals surface area contributed by atoms with Crippen LogP contribution < -0.4 is 0 Å². The molecular formula is C48H78O19. The summed E-state index contributed by atoms with van der Waals surface area (Å²) in [6, 6.07) is 0. The molecule has 0 aromatic rings. The smallest absolute Gasteiger partial charge is 0.315 e. The van der Waals surface area contributed by atoms with E-state index in [0.29, 0.717) is 32.1 Å². The molecular weight excluding hydrogens is 881 g/mol. The van der Waals surface area contributed by atoms with Crippen molar-refractivity contribution in [2.24, 2.45) is 56.7 Å². The number of hydrogen-bond acceptors (Lipinski definition) is 19. The van der Waals surface area contributed by atoms with Crippen LogP contribution in [0.2, 0.25) is 0 Å². The molecule has 0 spiro atoms. The monoisotopic (exact) mass is 959 g/mol. The number of carbonyl (C=O) groups excluding carboxylic acids is 1. The van der Waals surface area contributed by atoms with Gasteiger partial charge in [-0.25, -0.2) is 0 Å². The summed E-state index contributed by atoms with van der Waals surface area (Å²) in [7, 11) is 0. The minimum absolute atomic E-state index is 0.0112. The van der Waals surface area contributed by atoms with E-state index in [2.05, 4.69) is 40.7 Å². The molecule has 19 heteroatoms. The summed E-state index contributed by atoms with van der Waals surface area (Å²) in [5.41, 5.74) is -1.64. The fourth-order valence-electron chi connectivity index (χ4n) is 15.2. The average molecular weight is 959 g/mol. The van der Waals surface area contributed by atoms with Crippen molar-refractivity contribution < 1.29 is 94.5 Å². The third kappa shape index (κ3) is 7.92. The number of hydrogen-bond donors (Lipinski definition) is 12. The van der Waals surface area contributed by atoms with Crippen LogP contribution >= 0.6 is 0 Å². The van der Waals surface area contributed by atoms with Gasteiger partial charge in [0.25, 0.3) is 0 Å². The molecule has 12 N–H and O–H groups in total. The van der Waals surface area contributed by atoms with Crippen LogP contribution in [0.4, 0.5) is 0 Å². The Balaban J connectivity index is 0.985. The second kappa shape index (κ2) is 18.5. The normalized spacial score (nSPS) is 56.7. The largest absolute Gasteiger partial charge is 0.432 e. The molecule has 3 heterocycles. The van der Waals surface area contributed by atoms with Gasteiger partial charge in [-0.05, 0) is 104 Å². The van der Waals surface area contributed by atoms with E-state index in [4.69, 9.17) is 28.4 Å². The molecule has 0 bridgehead atoms. The van der Waals surface area contributed by atoms with Crippen LogP contribution in [0.5, 0.6) is 0 Å². The van der Waals surface area contributed by atoms with Crippen LogP contribution in [0.1, 0.15) is 99.8 Å². The Morgan fingerprint density at radius 2 is 1.34 bits per heavy atom. The Kier molecular flexibility index (Phi) is 14.4. The molecule has 0 aromatic heterocycles. The highest BCUT2D eigenvalue weighted by atomic mass is 16.8. The fourth-order valence-corrected chi connectivity index (χ4v) is 15.2. The van der Waals surface area contributed by atoms with Crippen LogP contribution in [0.25, 0.3) is 0 Å². The van der Waals surface area contributed by atoms with Gasteiger partial charge in [0.2, 0.25) is 6.29 Å². The van der Waals surface area contributed by atoms with Gasteiger partial charge in [0.1, 0.15) is 67.1 Å². The maximum absolute atomic E-state index is 15.0. The molecule has 384 valence electrons. The molecule has 8 aliphatic rings. The van der Waals surface area contributed by atoms with Gasteiger partial charge in [0, 0.05) is 5.41 Å². The number of carbonyl (C=O) groups is 1. The zero-order valence-corrected chi connectivity index (χ0v) is 39.8. The van der Waals surface area contributed by atoms with Gasteiger partial charge in [0.05, 0.1) is 43.5 Å². The lowest BCUT2D eigenvalue weighted by Crippen LogP contribution is -2.68. The number of rotatable bonds is 9. The van der Waals surface area contributed by atoms with E-state index in [9.17, 15) is 61.3 Å². The molecule has 19 nitrogen and oxygen atoms in total. The van der Waals surface area contributed by atoms with Gasteiger partial charge < -0.3 is 89.7 Å². The Morgan fingerprint density at radius 3 is 2.01 bits per heavy atom. The second-order valence-corrected chi connectivity index (χ2v) is 22.9. The molecule has 0 radical (unpaired) electrons. The summed E-state index contributed by atoms with van der Waals surface area (Å²) in [6.07, 6.45) is -18.9. The van der Waals surface area contributed by atoms with Crippen LogP contribution in [0.3, 0.4) is 0 Å². The van der Waals surface area contributed by atoms with Crippen LogP contribution in [0.15, 0.2) is 11.6 Å². The zero-order valence-electron chi connectivity index (χ0n) is 39.8. The van der Waals surface area contributed by atoms with Crippen molar-refractivity contribution in [1.29, 1.82) is 0 Å². The summed E-state index contributed by atoms with van der Waals surface area (Å²) < 4.78 is 34.7. The van der Waals surface area contributed by atoms with E-state index < -0.39 is 134 Å². The van der Waals surface area contributed by atoms with Crippen molar-refractivity contribution in [3.63, 3.8) is 0 Å². The number of ether oxygens (including phenoxy) is 6. The maximum atomic E-state index is 15.0. The predicted molar refractivity (Wildman–Crippen MR) is 231 cm³/mol. The molecule has 4 saturated carbocycles. The Hall–Kier alpha value is -1.47. The summed E-state index contributed by atoms with van der Waals surface area (Å²) in [4.78, 5) is 15.0. The molecule has 67 heavy (non-hydrogen) atoms. The number of aliphatic hydroxyl groups excluding tert-OH is 12. The number of allylic oxidation sites excluding steroid dienone is 2. The van der Waals surface area contributed by atoms with Gasteiger partial charge in [-0.2, -0.15) is 0 Å². The third-order valence-corrected chi connectivity index (χ3v) is 19.7. The van der Waals surface area contributed by atoms with Crippen molar-refractivity contribution in [3.8, 4) is 0 Å². The van der Waals surface area contributed by atoms with Gasteiger partial charge in [0.15, 0.2) is 12.6 Å². The molecule has 3 saturated heterocycles. The van der Waals surface area contributed by atoms with Crippen molar-refractivity contribution >= 4 is 5.97 Å². The lowest BCUT2D eigenvalue weighted by atomic mass is 9.33. The van der Waals surface area contributed by atoms with Gasteiger partial charge in [-0.3, -0.25) is 4.79 Å². The minimum atomic E-state index is -1.86. The minimum Gasteiger partial charge on any atom is -0.432 e. The van der Waals surface area contributed by atoms with Gasteiger partial charge in [-0.15, -0.1) is 0 Å². The van der Waals surface area contributed by atoms with E-state index in [-0.39, 0.29) is 52.4 Å². The number of aliphatic hydroxyl groups is 12. The molecule has 8 rings (SSSR count). The Labute approximate surface area is 392 Å². The van der Waals surface area contributed by atoms with Gasteiger partial charge >= 0.3 is 5.97 Å². The van der Waals surface area contributed by atoms with E-state index in [1.807, 2.05) is 6.92 Å². The average Bonchev–Trinajstić information content (AvgIpc) is 3.29. The molecule has 7 fully saturated rings. The van der Waals surface area contributed by atoms with Crippen LogP contribution in [0, 0.1) is 56.7 Å². The number of esters is 1. The molecule has 27 atom stereocenters. The first-order valence-corrected chi connectivity index (χ1v) is 24.5. The molecule has 3 aliphatic heterocycles. The molecule has 5 aliphatic carbocycles. The SMILES string of the molecule is C[C@H]1[C@H](C)CC[C@]2(C(=O)O[C@@H]3O[C@H](CO[C@@H]4O[C@H](CO)[C@@H](O[C@@H]5O[C@H](C)[C@H](O)[C@H](O)[C@H]5O)[C@H](O)[C@H]4O)[C@@H](O)[C@H](O)[C@H]3O)CC[C@]3(C)C(=CC[C@@H]4[C@@]5(C)C[C@@H](O)[C@H](O)[C@@](C)(CO)[C@@H]5CC[C@]43C)[C@@H]12. The van der Waals surface area contributed by atoms with Crippen LogP contribution in [-0.4, -0.2) is 191 Å². The van der Waals surface area contributed by atoms with Crippen molar-refractivity contribution in [3.05, 3.63) is 11.6 Å². The van der Waals surface area contributed by atoms with Crippen molar-refractivity contribution in [2.75, 3.05) is 19.8 Å². The first kappa shape index (κ1) is 51.9. The van der Waals surface area contributed by atoms with E-state index >= 15 is 4.79 Å². The highest BCUT2D eigenvalue weighted by Crippen LogP contribution is 2.76. The summed E-state index contributed by atoms with van der Waals surface area (Å²) in [5.74, 6) is -0.386. The topological polar surface area (TPSA) is 315 Å². The van der Waals surface area contributed by atoms with E-state index in [1.165, 1.54) is 12.5 Å². The Morgan fingerprint density at radius 1 is 0.701 bits per heavy atom. The van der Waals surface area contributed by atoms with Crippen molar-refractivity contribution in [2.45, 2.75) is 204 Å². The number of fused-ring (bicyclic) bond motifs is 7. The highest BCUT2D eigenvalue weighted by Gasteiger charge is 2.71. The van der Waals surface area contributed by atoms with Crippen molar-refractivity contribution in [1.82, 2.24) is 0 Å². The predicted octanol–water partition coefficient (Wildman–Crippen LogP) is -1.03.